The summed E-state index contributed by atoms with van der Waals surface area (Å²) in [6, 6.07) is 11.9. The highest BCUT2D eigenvalue weighted by Gasteiger charge is 2.39. The minimum absolute atomic E-state index is 0.174. The SMILES string of the molecule is COC(=O)C[C@@H]1CC[C@H]2[C@H](COc3ccc(NC(=O)Nc4cccc(C)c4)cc3C(=O)N2C)O1. The lowest BCUT2D eigenvalue weighted by molar-refractivity contribution is -0.151. The van der Waals surface area contributed by atoms with Crippen molar-refractivity contribution in [1.82, 2.24) is 4.90 Å². The first kappa shape index (κ1) is 23.6. The molecule has 180 valence electrons. The molecule has 2 heterocycles. The first-order valence-corrected chi connectivity index (χ1v) is 11.2. The van der Waals surface area contributed by atoms with E-state index in [1.807, 2.05) is 25.1 Å². The number of carbonyl (C=O) groups is 3. The van der Waals surface area contributed by atoms with Crippen molar-refractivity contribution in [2.75, 3.05) is 31.4 Å². The van der Waals surface area contributed by atoms with Gasteiger partial charge in [0, 0.05) is 18.4 Å². The van der Waals surface area contributed by atoms with E-state index in [9.17, 15) is 14.4 Å². The molecule has 2 N–H and O–H groups in total. The lowest BCUT2D eigenvalue weighted by Gasteiger charge is -2.42. The Kier molecular flexibility index (Phi) is 7.02. The van der Waals surface area contributed by atoms with E-state index in [2.05, 4.69) is 10.6 Å². The minimum Gasteiger partial charge on any atom is -0.490 e. The number of aryl methyl sites for hydroxylation is 1. The molecule has 9 heteroatoms. The molecule has 3 atom stereocenters. The van der Waals surface area contributed by atoms with Crippen molar-refractivity contribution >= 4 is 29.3 Å². The van der Waals surface area contributed by atoms with Crippen molar-refractivity contribution in [2.24, 2.45) is 0 Å². The quantitative estimate of drug-likeness (QED) is 0.666. The lowest BCUT2D eigenvalue weighted by atomic mass is 9.94. The number of carbonyl (C=O) groups excluding carboxylic acids is 3. The monoisotopic (exact) mass is 467 g/mol. The Hall–Kier alpha value is -3.59. The Morgan fingerprint density at radius 3 is 2.62 bits per heavy atom. The minimum atomic E-state index is -0.407. The summed E-state index contributed by atoms with van der Waals surface area (Å²) in [5.41, 5.74) is 2.55. The van der Waals surface area contributed by atoms with Crippen LogP contribution >= 0.6 is 0 Å². The maximum atomic E-state index is 13.3. The van der Waals surface area contributed by atoms with Gasteiger partial charge in [-0.1, -0.05) is 12.1 Å². The van der Waals surface area contributed by atoms with Crippen molar-refractivity contribution in [3.05, 3.63) is 53.6 Å². The molecule has 2 aliphatic rings. The number of likely N-dealkylation sites (N-methyl/N-ethyl adjacent to an activating group) is 1. The van der Waals surface area contributed by atoms with Crippen LogP contribution in [0.3, 0.4) is 0 Å². The second kappa shape index (κ2) is 10.1. The summed E-state index contributed by atoms with van der Waals surface area (Å²) in [4.78, 5) is 39.1. The van der Waals surface area contributed by atoms with E-state index in [-0.39, 0.29) is 43.2 Å². The van der Waals surface area contributed by atoms with Crippen LogP contribution in [0, 0.1) is 6.92 Å². The molecule has 0 radical (unpaired) electrons. The maximum absolute atomic E-state index is 13.3. The van der Waals surface area contributed by atoms with Crippen LogP contribution in [0.4, 0.5) is 16.2 Å². The highest BCUT2D eigenvalue weighted by atomic mass is 16.5. The normalized spacial score (nSPS) is 21.8. The zero-order chi connectivity index (χ0) is 24.2. The number of amides is 3. The molecule has 0 unspecified atom stereocenters. The fraction of sp³-hybridized carbons (Fsp3) is 0.400. The third-order valence-electron chi connectivity index (χ3n) is 6.17. The van der Waals surface area contributed by atoms with Crippen molar-refractivity contribution in [3.63, 3.8) is 0 Å². The number of hydrogen-bond acceptors (Lipinski definition) is 6. The number of benzene rings is 2. The van der Waals surface area contributed by atoms with E-state index in [4.69, 9.17) is 14.2 Å². The van der Waals surface area contributed by atoms with E-state index in [0.29, 0.717) is 35.5 Å². The van der Waals surface area contributed by atoms with E-state index >= 15 is 0 Å². The van der Waals surface area contributed by atoms with E-state index in [1.54, 1.807) is 36.2 Å². The van der Waals surface area contributed by atoms with Crippen LogP contribution in [0.15, 0.2) is 42.5 Å². The molecule has 2 aliphatic heterocycles. The highest BCUT2D eigenvalue weighted by molar-refractivity contribution is 6.02. The van der Waals surface area contributed by atoms with Gasteiger partial charge < -0.3 is 29.7 Å². The molecule has 2 aromatic carbocycles. The van der Waals surface area contributed by atoms with Crippen LogP contribution in [-0.4, -0.2) is 61.8 Å². The Bertz CT molecular complexity index is 1090. The number of methoxy groups -OCH3 is 1. The van der Waals surface area contributed by atoms with Gasteiger partial charge in [0.05, 0.1) is 31.2 Å². The number of fused-ring (bicyclic) bond motifs is 2. The Morgan fingerprint density at radius 2 is 1.88 bits per heavy atom. The number of hydrogen-bond donors (Lipinski definition) is 2. The third-order valence-corrected chi connectivity index (χ3v) is 6.17. The summed E-state index contributed by atoms with van der Waals surface area (Å²) in [5, 5.41) is 5.56. The van der Waals surface area contributed by atoms with Gasteiger partial charge >= 0.3 is 12.0 Å². The van der Waals surface area contributed by atoms with Gasteiger partial charge in [0.25, 0.3) is 5.91 Å². The number of esters is 1. The molecule has 9 nitrogen and oxygen atoms in total. The van der Waals surface area contributed by atoms with Gasteiger partial charge in [0.2, 0.25) is 0 Å². The number of ether oxygens (including phenoxy) is 3. The summed E-state index contributed by atoms with van der Waals surface area (Å²) in [5.74, 6) is -0.127. The molecule has 1 fully saturated rings. The smallest absolute Gasteiger partial charge is 0.323 e. The predicted octanol–water partition coefficient (Wildman–Crippen LogP) is 3.58. The standard InChI is InChI=1S/C25H29N3O6/c1-15-5-4-6-16(11-15)26-25(31)27-17-7-10-21-19(12-17)24(30)28(2)20-9-8-18(13-23(29)32-3)34-22(20)14-33-21/h4-7,10-12,18,20,22H,8-9,13-14H2,1-3H3,(H2,26,27,31)/t18-,20-,22-/m0/s1. The third kappa shape index (κ3) is 5.31. The molecule has 0 spiro atoms. The van der Waals surface area contributed by atoms with Crippen LogP contribution < -0.4 is 15.4 Å². The summed E-state index contributed by atoms with van der Waals surface area (Å²) < 4.78 is 16.8. The van der Waals surface area contributed by atoms with E-state index < -0.39 is 6.03 Å². The van der Waals surface area contributed by atoms with Gasteiger partial charge in [-0.15, -0.1) is 0 Å². The van der Waals surface area contributed by atoms with Crippen LogP contribution in [-0.2, 0) is 14.3 Å². The first-order chi connectivity index (χ1) is 16.3. The van der Waals surface area contributed by atoms with Gasteiger partial charge in [-0.25, -0.2) is 4.79 Å². The Morgan fingerprint density at radius 1 is 1.12 bits per heavy atom. The zero-order valence-electron chi connectivity index (χ0n) is 19.5. The van der Waals surface area contributed by atoms with Crippen LogP contribution in [0.2, 0.25) is 0 Å². The predicted molar refractivity (Wildman–Crippen MR) is 126 cm³/mol. The van der Waals surface area contributed by atoms with Crippen LogP contribution in [0.5, 0.6) is 5.75 Å². The second-order valence-electron chi connectivity index (χ2n) is 8.61. The largest absolute Gasteiger partial charge is 0.490 e. The molecule has 3 amide bonds. The van der Waals surface area contributed by atoms with Crippen LogP contribution in [0.25, 0.3) is 0 Å². The average molecular weight is 468 g/mol. The van der Waals surface area contributed by atoms with Crippen molar-refractivity contribution in [1.29, 1.82) is 0 Å². The Labute approximate surface area is 198 Å². The summed E-state index contributed by atoms with van der Waals surface area (Å²) in [6.45, 7) is 2.19. The molecule has 0 saturated carbocycles. The van der Waals surface area contributed by atoms with E-state index in [1.165, 1.54) is 7.11 Å². The first-order valence-electron chi connectivity index (χ1n) is 11.2. The molecular formula is C25H29N3O6. The summed E-state index contributed by atoms with van der Waals surface area (Å²) in [6.07, 6.45) is 0.876. The second-order valence-corrected chi connectivity index (χ2v) is 8.61. The molecule has 0 aliphatic carbocycles. The van der Waals surface area contributed by atoms with Gasteiger partial charge in [0.15, 0.2) is 0 Å². The van der Waals surface area contributed by atoms with Crippen molar-refractivity contribution in [2.45, 2.75) is 44.4 Å². The van der Waals surface area contributed by atoms with E-state index in [0.717, 1.165) is 5.56 Å². The fourth-order valence-electron chi connectivity index (χ4n) is 4.39. The topological polar surface area (TPSA) is 106 Å². The van der Waals surface area contributed by atoms with Gasteiger partial charge in [-0.3, -0.25) is 9.59 Å². The highest BCUT2D eigenvalue weighted by Crippen LogP contribution is 2.32. The number of nitrogens with one attached hydrogen (secondary N) is 2. The summed E-state index contributed by atoms with van der Waals surface area (Å²) in [7, 11) is 3.09. The molecule has 0 aromatic heterocycles. The molecule has 2 aromatic rings. The molecule has 1 saturated heterocycles. The lowest BCUT2D eigenvalue weighted by Crippen LogP contribution is -2.53. The van der Waals surface area contributed by atoms with Crippen LogP contribution in [0.1, 0.15) is 35.2 Å². The van der Waals surface area contributed by atoms with Gasteiger partial charge in [0.1, 0.15) is 18.5 Å². The zero-order valence-corrected chi connectivity index (χ0v) is 19.5. The number of rotatable bonds is 4. The van der Waals surface area contributed by atoms with Gasteiger partial charge in [-0.2, -0.15) is 0 Å². The molecule has 0 bridgehead atoms. The van der Waals surface area contributed by atoms with Crippen molar-refractivity contribution < 1.29 is 28.6 Å². The number of nitrogens with zero attached hydrogens (tertiary/aromatic N) is 1. The van der Waals surface area contributed by atoms with Crippen molar-refractivity contribution in [3.8, 4) is 5.75 Å². The average Bonchev–Trinajstić information content (AvgIpc) is 2.81. The fourth-order valence-corrected chi connectivity index (χ4v) is 4.39. The number of urea groups is 1. The summed E-state index contributed by atoms with van der Waals surface area (Å²) >= 11 is 0. The van der Waals surface area contributed by atoms with Gasteiger partial charge in [-0.05, 0) is 55.7 Å². The molecule has 34 heavy (non-hydrogen) atoms. The maximum Gasteiger partial charge on any atom is 0.323 e. The molecule has 4 rings (SSSR count). The molecular weight excluding hydrogens is 438 g/mol. The number of anilines is 2. The Balaban J connectivity index is 1.47.